The normalized spacial score (nSPS) is 12.7. The van der Waals surface area contributed by atoms with Gasteiger partial charge >= 0.3 is 6.18 Å². The van der Waals surface area contributed by atoms with Gasteiger partial charge in [-0.05, 0) is 19.3 Å². The van der Waals surface area contributed by atoms with Gasteiger partial charge in [0.05, 0.1) is 0 Å². The van der Waals surface area contributed by atoms with Crippen molar-refractivity contribution in [3.8, 4) is 0 Å². The molecule has 0 N–H and O–H groups in total. The number of unbranched alkanes of at least 4 members (excludes halogenated alkanes) is 2. The minimum atomic E-state index is -4.01. The Kier molecular flexibility index (Phi) is 5.38. The van der Waals surface area contributed by atoms with Gasteiger partial charge in [0.25, 0.3) is 0 Å². The zero-order valence-corrected chi connectivity index (χ0v) is 6.75. The van der Waals surface area contributed by atoms with Gasteiger partial charge in [0.1, 0.15) is 0 Å². The molecule has 0 atom stereocenters. The predicted molar refractivity (Wildman–Crippen MR) is 39.5 cm³/mol. The smallest absolute Gasteiger partial charge is 0.171 e. The maximum absolute atomic E-state index is 11.5. The zero-order chi connectivity index (χ0) is 8.74. The van der Waals surface area contributed by atoms with Crippen molar-refractivity contribution >= 4 is 11.6 Å². The second-order valence-corrected chi connectivity index (χ2v) is 2.47. The summed E-state index contributed by atoms with van der Waals surface area (Å²) in [5, 5.41) is 0. The Bertz CT molecular complexity index is 117. The van der Waals surface area contributed by atoms with Crippen LogP contribution in [0.1, 0.15) is 25.7 Å². The quantitative estimate of drug-likeness (QED) is 0.585. The van der Waals surface area contributed by atoms with Gasteiger partial charge in [-0.25, -0.2) is 0 Å². The van der Waals surface area contributed by atoms with Gasteiger partial charge in [-0.1, -0.05) is 17.7 Å². The summed E-state index contributed by atoms with van der Waals surface area (Å²) in [6.45, 7) is 0. The van der Waals surface area contributed by atoms with Crippen molar-refractivity contribution in [1.82, 2.24) is 0 Å². The molecule has 11 heavy (non-hydrogen) atoms. The monoisotopic (exact) mass is 186 g/mol. The summed E-state index contributed by atoms with van der Waals surface area (Å²) in [5.41, 5.74) is 1.33. The van der Waals surface area contributed by atoms with Crippen LogP contribution in [-0.4, -0.2) is 6.18 Å². The molecule has 0 radical (unpaired) electrons. The summed E-state index contributed by atoms with van der Waals surface area (Å²) in [5.74, 6) is 0. The average Bonchev–Trinajstić information content (AvgIpc) is 1.85. The highest BCUT2D eigenvalue weighted by atomic mass is 35.5. The van der Waals surface area contributed by atoms with E-state index in [9.17, 15) is 13.2 Å². The van der Waals surface area contributed by atoms with Gasteiger partial charge in [0.15, 0.2) is 0 Å². The number of alkyl halides is 3. The number of allylic oxidation sites excluding steroid dienone is 1. The molecule has 0 aromatic carbocycles. The molecule has 0 aliphatic carbocycles. The number of hydrogen-bond donors (Lipinski definition) is 0. The molecule has 0 bridgehead atoms. The van der Waals surface area contributed by atoms with E-state index in [0.29, 0.717) is 12.8 Å². The van der Waals surface area contributed by atoms with Gasteiger partial charge in [0, 0.05) is 12.0 Å². The van der Waals surface area contributed by atoms with Gasteiger partial charge in [-0.2, -0.15) is 13.2 Å². The van der Waals surface area contributed by atoms with E-state index < -0.39 is 12.6 Å². The largest absolute Gasteiger partial charge is 0.389 e. The molecule has 0 amide bonds. The van der Waals surface area contributed by atoms with Crippen molar-refractivity contribution in [3.05, 3.63) is 11.6 Å². The second kappa shape index (κ2) is 5.47. The van der Waals surface area contributed by atoms with Crippen molar-refractivity contribution in [3.63, 3.8) is 0 Å². The lowest BCUT2D eigenvalue weighted by molar-refractivity contribution is -0.135. The third-order valence-electron chi connectivity index (χ3n) is 1.17. The molecule has 0 aliphatic heterocycles. The van der Waals surface area contributed by atoms with Crippen LogP contribution in [0.5, 0.6) is 0 Å². The van der Waals surface area contributed by atoms with Gasteiger partial charge in [-0.3, -0.25) is 0 Å². The van der Waals surface area contributed by atoms with Crippen LogP contribution in [0.15, 0.2) is 11.6 Å². The van der Waals surface area contributed by atoms with Crippen molar-refractivity contribution < 1.29 is 13.2 Å². The van der Waals surface area contributed by atoms with Crippen LogP contribution in [0.2, 0.25) is 0 Å². The van der Waals surface area contributed by atoms with Gasteiger partial charge in [0.2, 0.25) is 0 Å². The van der Waals surface area contributed by atoms with E-state index in [4.69, 9.17) is 11.6 Å². The predicted octanol–water partition coefficient (Wildman–Crippen LogP) is 3.86. The lowest BCUT2D eigenvalue weighted by Crippen LogP contribution is -2.05. The maximum atomic E-state index is 11.5. The topological polar surface area (TPSA) is 0 Å². The summed E-state index contributed by atoms with van der Waals surface area (Å²) in [6.07, 6.45) is -1.70. The lowest BCUT2D eigenvalue weighted by Gasteiger charge is -2.03. The van der Waals surface area contributed by atoms with E-state index in [1.165, 1.54) is 5.54 Å². The lowest BCUT2D eigenvalue weighted by atomic mass is 10.2. The summed E-state index contributed by atoms with van der Waals surface area (Å²) in [7, 11) is 0. The van der Waals surface area contributed by atoms with E-state index in [0.717, 1.165) is 0 Å². The Morgan fingerprint density at radius 3 is 2.27 bits per heavy atom. The molecule has 0 aromatic rings. The van der Waals surface area contributed by atoms with E-state index in [-0.39, 0.29) is 6.42 Å². The maximum Gasteiger partial charge on any atom is 0.389 e. The van der Waals surface area contributed by atoms with Crippen LogP contribution in [-0.2, 0) is 0 Å². The molecule has 0 nitrogen and oxygen atoms in total. The highest BCUT2D eigenvalue weighted by Gasteiger charge is 2.25. The average molecular weight is 187 g/mol. The minimum Gasteiger partial charge on any atom is -0.171 e. The molecular formula is C7H10ClF3. The Morgan fingerprint density at radius 1 is 1.18 bits per heavy atom. The molecule has 0 rings (SSSR count). The van der Waals surface area contributed by atoms with Crippen molar-refractivity contribution in [2.45, 2.75) is 31.9 Å². The number of hydrogen-bond acceptors (Lipinski definition) is 0. The highest BCUT2D eigenvalue weighted by Crippen LogP contribution is 2.22. The first-order chi connectivity index (χ1) is 5.06. The standard InChI is InChI=1S/C7H10ClF3/c8-6-4-2-1-3-5-7(9,10)11/h4,6H,1-3,5H2. The molecule has 0 unspecified atom stereocenters. The Morgan fingerprint density at radius 2 is 1.82 bits per heavy atom. The first-order valence-corrected chi connectivity index (χ1v) is 3.82. The van der Waals surface area contributed by atoms with Gasteiger partial charge in [-0.15, -0.1) is 0 Å². The molecule has 0 aromatic heterocycles. The fourth-order valence-corrected chi connectivity index (χ4v) is 0.777. The molecule has 0 aliphatic rings. The summed E-state index contributed by atoms with van der Waals surface area (Å²) < 4.78 is 34.6. The van der Waals surface area contributed by atoms with Crippen molar-refractivity contribution in [2.75, 3.05) is 0 Å². The van der Waals surface area contributed by atoms with Crippen LogP contribution < -0.4 is 0 Å². The zero-order valence-electron chi connectivity index (χ0n) is 5.99. The number of rotatable bonds is 4. The number of halogens is 4. The van der Waals surface area contributed by atoms with E-state index in [2.05, 4.69) is 0 Å². The van der Waals surface area contributed by atoms with Crippen molar-refractivity contribution in [1.29, 1.82) is 0 Å². The van der Waals surface area contributed by atoms with Gasteiger partial charge < -0.3 is 0 Å². The third kappa shape index (κ3) is 9.82. The van der Waals surface area contributed by atoms with Crippen molar-refractivity contribution in [2.24, 2.45) is 0 Å². The fourth-order valence-electron chi connectivity index (χ4n) is 0.651. The second-order valence-electron chi connectivity index (χ2n) is 2.22. The summed E-state index contributed by atoms with van der Waals surface area (Å²) in [4.78, 5) is 0. The SMILES string of the molecule is FC(F)(F)CCCCC=CCl. The molecule has 0 spiro atoms. The molecule has 4 heteroatoms. The van der Waals surface area contributed by atoms with E-state index >= 15 is 0 Å². The van der Waals surface area contributed by atoms with Crippen LogP contribution in [0, 0.1) is 0 Å². The molecule has 66 valence electrons. The van der Waals surface area contributed by atoms with Crippen LogP contribution >= 0.6 is 11.6 Å². The van der Waals surface area contributed by atoms with E-state index in [1.54, 1.807) is 6.08 Å². The summed E-state index contributed by atoms with van der Waals surface area (Å²) in [6, 6.07) is 0. The molecule has 0 saturated carbocycles. The van der Waals surface area contributed by atoms with Crippen LogP contribution in [0.4, 0.5) is 13.2 Å². The highest BCUT2D eigenvalue weighted by molar-refractivity contribution is 6.25. The fraction of sp³-hybridized carbons (Fsp3) is 0.714. The minimum absolute atomic E-state index is 0.185. The Hall–Kier alpha value is -0.180. The Balaban J connectivity index is 3.15. The first kappa shape index (κ1) is 10.8. The molecule has 0 saturated heterocycles. The molecular weight excluding hydrogens is 177 g/mol. The first-order valence-electron chi connectivity index (χ1n) is 3.38. The molecule has 0 heterocycles. The molecule has 0 fully saturated rings. The van der Waals surface area contributed by atoms with E-state index in [1.807, 2.05) is 0 Å². The third-order valence-corrected chi connectivity index (χ3v) is 1.35. The van der Waals surface area contributed by atoms with Crippen LogP contribution in [0.25, 0.3) is 0 Å². The van der Waals surface area contributed by atoms with Crippen LogP contribution in [0.3, 0.4) is 0 Å². The Labute approximate surface area is 69.0 Å². The summed E-state index contributed by atoms with van der Waals surface area (Å²) >= 11 is 5.17.